The van der Waals surface area contributed by atoms with Crippen molar-refractivity contribution < 1.29 is 13.9 Å². The van der Waals surface area contributed by atoms with Crippen molar-refractivity contribution in [2.45, 2.75) is 19.4 Å². The number of halogens is 1. The van der Waals surface area contributed by atoms with Crippen LogP contribution in [0.3, 0.4) is 0 Å². The van der Waals surface area contributed by atoms with Crippen LogP contribution in [-0.2, 0) is 4.79 Å². The summed E-state index contributed by atoms with van der Waals surface area (Å²) < 4.78 is 19.6. The van der Waals surface area contributed by atoms with Crippen LogP contribution in [0.15, 0.2) is 77.9 Å². The first-order chi connectivity index (χ1) is 17.5. The number of nitrogens with zero attached hydrogens (tertiary/aromatic N) is 4. The number of aryl methyl sites for hydroxylation is 1. The normalized spacial score (nSPS) is 18.3. The molecule has 5 rings (SSSR count). The molecule has 36 heavy (non-hydrogen) atoms. The lowest BCUT2D eigenvalue weighted by Crippen LogP contribution is -2.49. The molecule has 1 saturated heterocycles. The highest BCUT2D eigenvalue weighted by molar-refractivity contribution is 6.03. The van der Waals surface area contributed by atoms with Gasteiger partial charge in [0.2, 0.25) is 0 Å². The minimum Gasteiger partial charge on any atom is -0.497 e. The van der Waals surface area contributed by atoms with Gasteiger partial charge in [-0.1, -0.05) is 54.1 Å². The zero-order valence-corrected chi connectivity index (χ0v) is 20.7. The van der Waals surface area contributed by atoms with Crippen molar-refractivity contribution in [3.8, 4) is 5.75 Å². The minimum absolute atomic E-state index is 0.0298. The maximum Gasteiger partial charge on any atom is 0.257 e. The van der Waals surface area contributed by atoms with Crippen molar-refractivity contribution >= 4 is 17.3 Å². The molecule has 6 nitrogen and oxygen atoms in total. The summed E-state index contributed by atoms with van der Waals surface area (Å²) in [6, 6.07) is 22.8. The molecule has 0 aliphatic carbocycles. The Hall–Kier alpha value is -3.71. The van der Waals surface area contributed by atoms with Crippen molar-refractivity contribution in [3.63, 3.8) is 0 Å². The monoisotopic (exact) mass is 486 g/mol. The molecule has 0 radical (unpaired) electrons. The molecule has 0 aromatic heterocycles. The summed E-state index contributed by atoms with van der Waals surface area (Å²) in [6.45, 7) is 5.07. The van der Waals surface area contributed by atoms with E-state index in [4.69, 9.17) is 9.84 Å². The molecule has 2 aliphatic rings. The molecule has 3 aromatic rings. The number of anilines is 1. The quantitative estimate of drug-likeness (QED) is 0.509. The van der Waals surface area contributed by atoms with Crippen molar-refractivity contribution in [1.29, 1.82) is 0 Å². The van der Waals surface area contributed by atoms with Crippen LogP contribution < -0.4 is 9.64 Å². The standard InChI is InChI=1S/C29H31FN4O2/c1-21-10-12-22(13-11-21)28-19-26(23-6-5-7-24(18-23)36-2)31-34(28)29(35)20-32-14-16-33(17-15-32)27-9-4-3-8-25(27)30/h3-13,18,28H,14-17,19-20H2,1-2H3/t28-/m0/s1. The van der Waals surface area contributed by atoms with Crippen molar-refractivity contribution in [2.75, 3.05) is 44.7 Å². The first-order valence-corrected chi connectivity index (χ1v) is 12.3. The van der Waals surface area contributed by atoms with Gasteiger partial charge >= 0.3 is 0 Å². The first-order valence-electron chi connectivity index (χ1n) is 12.3. The van der Waals surface area contributed by atoms with E-state index in [2.05, 4.69) is 36.1 Å². The molecule has 186 valence electrons. The average Bonchev–Trinajstić information content (AvgIpc) is 3.36. The van der Waals surface area contributed by atoms with E-state index in [1.54, 1.807) is 24.3 Å². The summed E-state index contributed by atoms with van der Waals surface area (Å²) in [6.07, 6.45) is 0.642. The van der Waals surface area contributed by atoms with Crippen LogP contribution >= 0.6 is 0 Å². The summed E-state index contributed by atoms with van der Waals surface area (Å²) in [5.41, 5.74) is 4.70. The molecule has 0 spiro atoms. The smallest absolute Gasteiger partial charge is 0.257 e. The largest absolute Gasteiger partial charge is 0.497 e. The molecule has 0 bridgehead atoms. The van der Waals surface area contributed by atoms with Gasteiger partial charge in [-0.2, -0.15) is 5.10 Å². The number of hydrogen-bond donors (Lipinski definition) is 0. The van der Waals surface area contributed by atoms with Gasteiger partial charge in [-0.05, 0) is 36.8 Å². The molecule has 3 aromatic carbocycles. The van der Waals surface area contributed by atoms with Crippen LogP contribution in [0.1, 0.15) is 29.2 Å². The molecule has 1 atom stereocenters. The third-order valence-corrected chi connectivity index (χ3v) is 6.96. The Morgan fingerprint density at radius 1 is 1.00 bits per heavy atom. The fourth-order valence-electron chi connectivity index (χ4n) is 4.88. The second kappa shape index (κ2) is 10.5. The number of methoxy groups -OCH3 is 1. The maximum atomic E-state index is 14.2. The Labute approximate surface area is 211 Å². The number of hydrogen-bond acceptors (Lipinski definition) is 5. The lowest BCUT2D eigenvalue weighted by molar-refractivity contribution is -0.134. The molecular formula is C29H31FN4O2. The molecule has 0 saturated carbocycles. The number of para-hydroxylation sites is 1. The van der Waals surface area contributed by atoms with Crippen LogP contribution in [0, 0.1) is 12.7 Å². The van der Waals surface area contributed by atoms with Crippen molar-refractivity contribution in [1.82, 2.24) is 9.91 Å². The van der Waals surface area contributed by atoms with E-state index >= 15 is 0 Å². The second-order valence-electron chi connectivity index (χ2n) is 9.36. The summed E-state index contributed by atoms with van der Waals surface area (Å²) in [5.74, 6) is 0.525. The number of rotatable bonds is 6. The van der Waals surface area contributed by atoms with Crippen LogP contribution in [0.5, 0.6) is 5.75 Å². The third-order valence-electron chi connectivity index (χ3n) is 6.96. The van der Waals surface area contributed by atoms with E-state index in [0.717, 1.165) is 22.6 Å². The van der Waals surface area contributed by atoms with Crippen LogP contribution in [0.2, 0.25) is 0 Å². The Kier molecular flexibility index (Phi) is 7.00. The Bertz CT molecular complexity index is 1250. The summed E-state index contributed by atoms with van der Waals surface area (Å²) in [4.78, 5) is 17.7. The van der Waals surface area contributed by atoms with Crippen LogP contribution in [-0.4, -0.2) is 61.4 Å². The van der Waals surface area contributed by atoms with Crippen molar-refractivity contribution in [2.24, 2.45) is 5.10 Å². The van der Waals surface area contributed by atoms with Crippen LogP contribution in [0.4, 0.5) is 10.1 Å². The molecule has 2 heterocycles. The average molecular weight is 487 g/mol. The van der Waals surface area contributed by atoms with Gasteiger partial charge in [-0.15, -0.1) is 0 Å². The summed E-state index contributed by atoms with van der Waals surface area (Å²) >= 11 is 0. The Morgan fingerprint density at radius 3 is 2.47 bits per heavy atom. The molecule has 1 amide bonds. The molecule has 2 aliphatic heterocycles. The lowest BCUT2D eigenvalue weighted by atomic mass is 9.97. The molecule has 0 N–H and O–H groups in total. The highest BCUT2D eigenvalue weighted by atomic mass is 19.1. The highest BCUT2D eigenvalue weighted by Gasteiger charge is 2.34. The zero-order chi connectivity index (χ0) is 25.1. The minimum atomic E-state index is -0.209. The number of carbonyl (C=O) groups excluding carboxylic acids is 1. The number of carbonyl (C=O) groups is 1. The van der Waals surface area contributed by atoms with Crippen LogP contribution in [0.25, 0.3) is 0 Å². The number of benzene rings is 3. The first kappa shape index (κ1) is 24.0. The number of hydrazone groups is 1. The molecular weight excluding hydrogens is 455 g/mol. The van der Waals surface area contributed by atoms with E-state index in [9.17, 15) is 9.18 Å². The lowest BCUT2D eigenvalue weighted by Gasteiger charge is -2.36. The molecule has 0 unspecified atom stereocenters. The van der Waals surface area contributed by atoms with E-state index in [1.165, 1.54) is 11.6 Å². The zero-order valence-electron chi connectivity index (χ0n) is 20.7. The van der Waals surface area contributed by atoms with Gasteiger partial charge in [-0.25, -0.2) is 9.40 Å². The number of amides is 1. The Balaban J connectivity index is 1.32. The van der Waals surface area contributed by atoms with E-state index < -0.39 is 0 Å². The predicted octanol–water partition coefficient (Wildman–Crippen LogP) is 4.64. The topological polar surface area (TPSA) is 48.4 Å². The maximum absolute atomic E-state index is 14.2. The fraction of sp³-hybridized carbons (Fsp3) is 0.310. The molecule has 1 fully saturated rings. The van der Waals surface area contributed by atoms with Gasteiger partial charge in [0.15, 0.2) is 0 Å². The van der Waals surface area contributed by atoms with Gasteiger partial charge in [0.1, 0.15) is 11.6 Å². The van der Waals surface area contributed by atoms with Gasteiger partial charge < -0.3 is 9.64 Å². The SMILES string of the molecule is COc1cccc(C2=NN(C(=O)CN3CCN(c4ccccc4F)CC3)[C@H](c3ccc(C)cc3)C2)c1. The van der Waals surface area contributed by atoms with E-state index in [-0.39, 0.29) is 24.3 Å². The van der Waals surface area contributed by atoms with E-state index in [1.807, 2.05) is 35.2 Å². The second-order valence-corrected chi connectivity index (χ2v) is 9.36. The fourth-order valence-corrected chi connectivity index (χ4v) is 4.88. The summed E-state index contributed by atoms with van der Waals surface area (Å²) in [7, 11) is 1.65. The predicted molar refractivity (Wildman–Crippen MR) is 140 cm³/mol. The highest BCUT2D eigenvalue weighted by Crippen LogP contribution is 2.34. The van der Waals surface area contributed by atoms with Gasteiger partial charge in [-0.3, -0.25) is 9.69 Å². The number of piperazine rings is 1. The van der Waals surface area contributed by atoms with Gasteiger partial charge in [0.25, 0.3) is 5.91 Å². The summed E-state index contributed by atoms with van der Waals surface area (Å²) in [5, 5.41) is 6.47. The van der Waals surface area contributed by atoms with E-state index in [0.29, 0.717) is 38.3 Å². The van der Waals surface area contributed by atoms with Gasteiger partial charge in [0, 0.05) is 38.2 Å². The molecule has 7 heteroatoms. The number of ether oxygens (including phenoxy) is 1. The third kappa shape index (κ3) is 5.11. The Morgan fingerprint density at radius 2 is 1.75 bits per heavy atom. The van der Waals surface area contributed by atoms with Crippen molar-refractivity contribution in [3.05, 3.63) is 95.3 Å². The van der Waals surface area contributed by atoms with Gasteiger partial charge in [0.05, 0.1) is 31.1 Å².